The monoisotopic (exact) mass is 589 g/mol. The number of hydrogen-bond acceptors (Lipinski definition) is 5. The van der Waals surface area contributed by atoms with Gasteiger partial charge in [0.1, 0.15) is 24.2 Å². The maximum atomic E-state index is 13.7. The molecule has 0 bridgehead atoms. The Kier molecular flexibility index (Phi) is 9.16. The van der Waals surface area contributed by atoms with E-state index >= 15 is 0 Å². The van der Waals surface area contributed by atoms with E-state index in [1.165, 1.54) is 6.26 Å². The van der Waals surface area contributed by atoms with Gasteiger partial charge in [-0.2, -0.15) is 0 Å². The number of nitrogens with zero attached hydrogens (tertiary/aromatic N) is 1. The minimum absolute atomic E-state index is 0.000864. The number of terminal acetylenes is 1. The molecule has 5 aromatic carbocycles. The zero-order chi connectivity index (χ0) is 30.8. The second kappa shape index (κ2) is 14.1. The Bertz CT molecular complexity index is 1730. The number of benzene rings is 5. The number of carbonyl (C=O) groups excluding carboxylic acids is 1. The molecule has 45 heavy (non-hydrogen) atoms. The molecule has 0 amide bonds. The van der Waals surface area contributed by atoms with Crippen LogP contribution in [0.25, 0.3) is 0 Å². The SMILES string of the molecule is C#Cc1ccc(OC=C2CC(=O)C(OC(c3ccccc3)c3ccccc3)=CN2OC(c2ccccc2)c2ccccc2)cc1. The number of Topliss-reactive ketones (excluding diaryl/α,β-unsaturated/α-hetero) is 1. The van der Waals surface area contributed by atoms with Gasteiger partial charge < -0.3 is 9.47 Å². The molecular weight excluding hydrogens is 558 g/mol. The van der Waals surface area contributed by atoms with Crippen LogP contribution in [0.1, 0.15) is 46.4 Å². The van der Waals surface area contributed by atoms with Gasteiger partial charge in [-0.25, -0.2) is 5.06 Å². The second-order valence-corrected chi connectivity index (χ2v) is 10.4. The summed E-state index contributed by atoms with van der Waals surface area (Å²) in [6.07, 6.45) is 7.68. The van der Waals surface area contributed by atoms with Crippen LogP contribution >= 0.6 is 0 Å². The second-order valence-electron chi connectivity index (χ2n) is 10.4. The van der Waals surface area contributed by atoms with Crippen molar-refractivity contribution in [2.45, 2.75) is 18.6 Å². The van der Waals surface area contributed by atoms with Gasteiger partial charge in [0.15, 0.2) is 5.76 Å². The zero-order valence-electron chi connectivity index (χ0n) is 24.5. The quantitative estimate of drug-likeness (QED) is 0.121. The molecule has 1 aliphatic heterocycles. The van der Waals surface area contributed by atoms with Gasteiger partial charge >= 0.3 is 0 Å². The lowest BCUT2D eigenvalue weighted by Crippen LogP contribution is -2.30. The molecule has 1 aliphatic rings. The molecule has 5 aromatic rings. The Balaban J connectivity index is 1.38. The van der Waals surface area contributed by atoms with Crippen molar-refractivity contribution in [2.75, 3.05) is 0 Å². The van der Waals surface area contributed by atoms with E-state index < -0.39 is 12.2 Å². The lowest BCUT2D eigenvalue weighted by molar-refractivity contribution is -0.145. The maximum absolute atomic E-state index is 13.7. The molecule has 0 fully saturated rings. The molecule has 0 saturated carbocycles. The Morgan fingerprint density at radius 3 is 1.58 bits per heavy atom. The number of hydroxylamine groups is 2. The number of ether oxygens (including phenoxy) is 2. The highest BCUT2D eigenvalue weighted by Crippen LogP contribution is 2.35. The topological polar surface area (TPSA) is 48.0 Å². The highest BCUT2D eigenvalue weighted by molar-refractivity contribution is 5.96. The van der Waals surface area contributed by atoms with Crippen molar-refractivity contribution >= 4 is 5.78 Å². The van der Waals surface area contributed by atoms with Crippen LogP contribution in [0.15, 0.2) is 170 Å². The van der Waals surface area contributed by atoms with E-state index in [2.05, 4.69) is 5.92 Å². The first-order valence-electron chi connectivity index (χ1n) is 14.7. The molecule has 0 aliphatic carbocycles. The number of hydrogen-bond donors (Lipinski definition) is 0. The number of rotatable bonds is 10. The summed E-state index contributed by atoms with van der Waals surface area (Å²) in [7, 11) is 0. The summed E-state index contributed by atoms with van der Waals surface area (Å²) in [5, 5.41) is 1.59. The molecule has 5 heteroatoms. The Labute approximate surface area is 263 Å². The van der Waals surface area contributed by atoms with Gasteiger partial charge in [-0.1, -0.05) is 127 Å². The molecule has 0 aromatic heterocycles. The third kappa shape index (κ3) is 7.22. The van der Waals surface area contributed by atoms with Crippen LogP contribution in [0.5, 0.6) is 5.75 Å². The molecule has 1 heterocycles. The number of ketones is 1. The average Bonchev–Trinajstić information content (AvgIpc) is 3.11. The van der Waals surface area contributed by atoms with Crippen molar-refractivity contribution in [3.05, 3.63) is 197 Å². The van der Waals surface area contributed by atoms with E-state index in [0.29, 0.717) is 11.4 Å². The van der Waals surface area contributed by atoms with Gasteiger partial charge in [0, 0.05) is 5.56 Å². The van der Waals surface area contributed by atoms with Gasteiger partial charge in [-0.3, -0.25) is 9.63 Å². The Hall–Kier alpha value is -5.83. The van der Waals surface area contributed by atoms with Crippen molar-refractivity contribution in [1.82, 2.24) is 5.06 Å². The van der Waals surface area contributed by atoms with Crippen LogP contribution < -0.4 is 4.74 Å². The molecule has 0 radical (unpaired) electrons. The van der Waals surface area contributed by atoms with Crippen LogP contribution in [0.2, 0.25) is 0 Å². The highest BCUT2D eigenvalue weighted by atomic mass is 16.7. The number of allylic oxidation sites excluding steroid dienone is 2. The predicted octanol–water partition coefficient (Wildman–Crippen LogP) is 8.53. The molecule has 0 saturated heterocycles. The molecule has 0 spiro atoms. The van der Waals surface area contributed by atoms with Crippen molar-refractivity contribution in [2.24, 2.45) is 0 Å². The Morgan fingerprint density at radius 1 is 0.644 bits per heavy atom. The molecule has 0 unspecified atom stereocenters. The first-order chi connectivity index (χ1) is 22.2. The predicted molar refractivity (Wildman–Crippen MR) is 174 cm³/mol. The van der Waals surface area contributed by atoms with E-state index in [9.17, 15) is 4.79 Å². The number of carbonyl (C=O) groups is 1. The minimum atomic E-state index is -0.500. The summed E-state index contributed by atoms with van der Waals surface area (Å²) in [6, 6.07) is 46.8. The summed E-state index contributed by atoms with van der Waals surface area (Å²) in [5.41, 5.74) is 5.02. The van der Waals surface area contributed by atoms with Crippen LogP contribution in [0, 0.1) is 12.3 Å². The fourth-order valence-corrected chi connectivity index (χ4v) is 5.04. The highest BCUT2D eigenvalue weighted by Gasteiger charge is 2.31. The fourth-order valence-electron chi connectivity index (χ4n) is 5.04. The summed E-state index contributed by atoms with van der Waals surface area (Å²) >= 11 is 0. The normalized spacial score (nSPS) is 13.9. The average molecular weight is 590 g/mol. The van der Waals surface area contributed by atoms with Gasteiger partial charge in [0.25, 0.3) is 0 Å². The van der Waals surface area contributed by atoms with E-state index in [1.807, 2.05) is 121 Å². The smallest absolute Gasteiger partial charge is 0.205 e. The van der Waals surface area contributed by atoms with Gasteiger partial charge in [0.2, 0.25) is 5.78 Å². The molecule has 220 valence electrons. The molecular formula is C40H31NO4. The summed E-state index contributed by atoms with van der Waals surface area (Å²) in [6.45, 7) is 0. The van der Waals surface area contributed by atoms with E-state index in [1.54, 1.807) is 35.5 Å². The largest absolute Gasteiger partial charge is 0.476 e. The molecule has 0 N–H and O–H groups in total. The van der Waals surface area contributed by atoms with E-state index in [-0.39, 0.29) is 18.0 Å². The molecule has 5 nitrogen and oxygen atoms in total. The van der Waals surface area contributed by atoms with Crippen LogP contribution in [-0.2, 0) is 14.4 Å². The lowest BCUT2D eigenvalue weighted by atomic mass is 10.0. The third-order valence-electron chi connectivity index (χ3n) is 7.36. The summed E-state index contributed by atoms with van der Waals surface area (Å²) in [4.78, 5) is 20.4. The Morgan fingerprint density at radius 2 is 1.11 bits per heavy atom. The van der Waals surface area contributed by atoms with E-state index in [0.717, 1.165) is 27.8 Å². The summed E-state index contributed by atoms with van der Waals surface area (Å²) in [5.74, 6) is 3.17. The van der Waals surface area contributed by atoms with Crippen molar-refractivity contribution in [3.8, 4) is 18.1 Å². The van der Waals surface area contributed by atoms with Gasteiger partial charge in [-0.05, 0) is 46.5 Å². The first kappa shape index (κ1) is 29.3. The summed E-state index contributed by atoms with van der Waals surface area (Å²) < 4.78 is 12.5. The van der Waals surface area contributed by atoms with Crippen LogP contribution in [0.3, 0.4) is 0 Å². The van der Waals surface area contributed by atoms with E-state index in [4.69, 9.17) is 20.7 Å². The van der Waals surface area contributed by atoms with Gasteiger partial charge in [-0.15, -0.1) is 6.42 Å². The standard InChI is InChI=1S/C40H31NO4/c1-2-30-23-25-36(26-24-30)43-29-35-27-37(42)38(44-39(31-15-7-3-8-16-31)32-17-9-4-10-18-32)28-41(35)45-40(33-19-11-5-12-20-33)34-21-13-6-14-22-34/h1,3-26,28-29,39-40H,27H2. The van der Waals surface area contributed by atoms with Crippen molar-refractivity contribution in [1.29, 1.82) is 0 Å². The fraction of sp³-hybridized carbons (Fsp3) is 0.0750. The van der Waals surface area contributed by atoms with Crippen LogP contribution in [0.4, 0.5) is 0 Å². The van der Waals surface area contributed by atoms with Gasteiger partial charge in [0.05, 0.1) is 18.3 Å². The van der Waals surface area contributed by atoms with Crippen molar-refractivity contribution < 1.29 is 19.1 Å². The lowest BCUT2D eigenvalue weighted by Gasteiger charge is -2.32. The maximum Gasteiger partial charge on any atom is 0.205 e. The minimum Gasteiger partial charge on any atom is -0.476 e. The third-order valence-corrected chi connectivity index (χ3v) is 7.36. The van der Waals surface area contributed by atoms with Crippen molar-refractivity contribution in [3.63, 3.8) is 0 Å². The zero-order valence-corrected chi connectivity index (χ0v) is 24.5. The molecule has 6 rings (SSSR count). The van der Waals surface area contributed by atoms with Crippen LogP contribution in [-0.4, -0.2) is 10.8 Å². The first-order valence-corrected chi connectivity index (χ1v) is 14.7. The molecule has 0 atom stereocenters.